The van der Waals surface area contributed by atoms with Gasteiger partial charge in [-0.3, -0.25) is 4.98 Å². The summed E-state index contributed by atoms with van der Waals surface area (Å²) in [4.78, 5) is 4.37. The second kappa shape index (κ2) is 8.61. The van der Waals surface area contributed by atoms with E-state index in [9.17, 15) is 5.26 Å². The van der Waals surface area contributed by atoms with Crippen molar-refractivity contribution < 1.29 is 14.2 Å². The third-order valence-electron chi connectivity index (χ3n) is 5.16. The van der Waals surface area contributed by atoms with Crippen LogP contribution in [0, 0.1) is 11.3 Å². The highest BCUT2D eigenvalue weighted by Gasteiger charge is 2.38. The molecule has 25 heavy (non-hydrogen) atoms. The van der Waals surface area contributed by atoms with Gasteiger partial charge in [0.1, 0.15) is 0 Å². The maximum atomic E-state index is 9.71. The van der Waals surface area contributed by atoms with Crippen molar-refractivity contribution >= 4 is 5.69 Å². The zero-order valence-corrected chi connectivity index (χ0v) is 14.7. The van der Waals surface area contributed by atoms with E-state index in [2.05, 4.69) is 11.1 Å². The second-order valence-corrected chi connectivity index (χ2v) is 6.91. The number of ether oxygens (including phenoxy) is 3. The summed E-state index contributed by atoms with van der Waals surface area (Å²) < 4.78 is 17.2. The smallest absolute Gasteiger partial charge is 0.157 e. The minimum Gasteiger partial charge on any atom is -0.397 e. The van der Waals surface area contributed by atoms with Crippen molar-refractivity contribution in [1.82, 2.24) is 4.98 Å². The lowest BCUT2D eigenvalue weighted by atomic mass is 9.72. The van der Waals surface area contributed by atoms with Crippen molar-refractivity contribution in [2.24, 2.45) is 0 Å². The molecule has 1 unspecified atom stereocenters. The van der Waals surface area contributed by atoms with E-state index in [-0.39, 0.29) is 12.4 Å². The molecule has 0 spiro atoms. The van der Waals surface area contributed by atoms with E-state index in [0.29, 0.717) is 18.9 Å². The van der Waals surface area contributed by atoms with Gasteiger partial charge in [0.25, 0.3) is 0 Å². The molecule has 0 aromatic carbocycles. The van der Waals surface area contributed by atoms with E-state index < -0.39 is 5.41 Å². The van der Waals surface area contributed by atoms with Gasteiger partial charge >= 0.3 is 0 Å². The summed E-state index contributed by atoms with van der Waals surface area (Å²) in [5.41, 5.74) is 6.63. The molecular formula is C19H27N3O3. The lowest BCUT2D eigenvalue weighted by molar-refractivity contribution is -0.172. The molecule has 1 aromatic rings. The molecule has 2 aliphatic rings. The van der Waals surface area contributed by atoms with Crippen LogP contribution in [-0.4, -0.2) is 37.2 Å². The molecule has 6 heteroatoms. The number of hydrogen-bond acceptors (Lipinski definition) is 6. The molecule has 2 heterocycles. The topological polar surface area (TPSA) is 90.4 Å². The number of hydrogen-bond donors (Lipinski definition) is 1. The van der Waals surface area contributed by atoms with Crippen molar-refractivity contribution in [3.63, 3.8) is 0 Å². The van der Waals surface area contributed by atoms with Crippen LogP contribution in [0.1, 0.15) is 50.6 Å². The number of nitrogen functional groups attached to an aromatic ring is 1. The molecule has 6 nitrogen and oxygen atoms in total. The molecule has 0 radical (unpaired) electrons. The molecule has 3 rings (SSSR count). The van der Waals surface area contributed by atoms with Gasteiger partial charge in [0, 0.05) is 6.61 Å². The van der Waals surface area contributed by atoms with Crippen molar-refractivity contribution in [3.8, 4) is 6.07 Å². The Bertz CT molecular complexity index is 571. The highest BCUT2D eigenvalue weighted by Crippen LogP contribution is 2.39. The Morgan fingerprint density at radius 1 is 1.20 bits per heavy atom. The first-order chi connectivity index (χ1) is 12.2. The molecule has 1 aromatic heterocycles. The minimum atomic E-state index is -0.514. The molecule has 136 valence electrons. The number of aromatic nitrogens is 1. The van der Waals surface area contributed by atoms with Gasteiger partial charge in [-0.15, -0.1) is 0 Å². The van der Waals surface area contributed by atoms with Gasteiger partial charge in [-0.2, -0.15) is 5.26 Å². The summed E-state index contributed by atoms with van der Waals surface area (Å²) in [6, 6.07) is 6.17. The van der Waals surface area contributed by atoms with E-state index in [1.54, 1.807) is 6.20 Å². The summed E-state index contributed by atoms with van der Waals surface area (Å²) >= 11 is 0. The lowest BCUT2D eigenvalue weighted by Gasteiger charge is -2.34. The summed E-state index contributed by atoms with van der Waals surface area (Å²) in [6.07, 6.45) is 8.27. The predicted octanol–water partition coefficient (Wildman–Crippen LogP) is 2.93. The van der Waals surface area contributed by atoms with Gasteiger partial charge in [-0.05, 0) is 57.1 Å². The third-order valence-corrected chi connectivity index (χ3v) is 5.16. The van der Waals surface area contributed by atoms with Gasteiger partial charge in [-0.25, -0.2) is 0 Å². The van der Waals surface area contributed by atoms with Crippen LogP contribution in [0.15, 0.2) is 18.3 Å². The first-order valence-electron chi connectivity index (χ1n) is 9.20. The van der Waals surface area contributed by atoms with Crippen LogP contribution in [0.3, 0.4) is 0 Å². The van der Waals surface area contributed by atoms with Crippen molar-refractivity contribution in [2.45, 2.75) is 62.8 Å². The number of nitrogens with zero attached hydrogens (tertiary/aromatic N) is 2. The predicted molar refractivity (Wildman–Crippen MR) is 93.7 cm³/mol. The molecule has 2 N–H and O–H groups in total. The number of pyridine rings is 1. The van der Waals surface area contributed by atoms with Crippen LogP contribution in [0.4, 0.5) is 5.69 Å². The average Bonchev–Trinajstić information content (AvgIpc) is 2.67. The van der Waals surface area contributed by atoms with Gasteiger partial charge in [0.2, 0.25) is 0 Å². The first kappa shape index (κ1) is 18.1. The van der Waals surface area contributed by atoms with Gasteiger partial charge in [0.15, 0.2) is 6.29 Å². The largest absolute Gasteiger partial charge is 0.397 e. The molecular weight excluding hydrogens is 318 g/mol. The Labute approximate surface area is 149 Å². The standard InChI is InChI=1S/C19H27N3O3/c20-14-19(17-5-4-15(21)13-22-17)8-6-16(7-9-19)23-11-12-25-18-3-1-2-10-24-18/h4-5,13,16,18H,1-3,6-12,21H2/t16-,18?,19-. The maximum Gasteiger partial charge on any atom is 0.157 e. The van der Waals surface area contributed by atoms with Crippen LogP contribution in [0.5, 0.6) is 0 Å². The second-order valence-electron chi connectivity index (χ2n) is 6.91. The van der Waals surface area contributed by atoms with Crippen LogP contribution in [0.25, 0.3) is 0 Å². The molecule has 0 bridgehead atoms. The monoisotopic (exact) mass is 345 g/mol. The molecule has 1 saturated carbocycles. The molecule has 1 aliphatic carbocycles. The fraction of sp³-hybridized carbons (Fsp3) is 0.684. The number of anilines is 1. The molecule has 0 amide bonds. The van der Waals surface area contributed by atoms with Crippen LogP contribution < -0.4 is 5.73 Å². The van der Waals surface area contributed by atoms with Crippen molar-refractivity contribution in [3.05, 3.63) is 24.0 Å². The van der Waals surface area contributed by atoms with E-state index in [1.165, 1.54) is 6.42 Å². The molecule has 1 aliphatic heterocycles. The first-order valence-corrected chi connectivity index (χ1v) is 9.20. The summed E-state index contributed by atoms with van der Waals surface area (Å²) in [5.74, 6) is 0. The molecule has 1 saturated heterocycles. The highest BCUT2D eigenvalue weighted by atomic mass is 16.7. The fourth-order valence-electron chi connectivity index (χ4n) is 3.60. The van der Waals surface area contributed by atoms with Crippen molar-refractivity contribution in [2.75, 3.05) is 25.6 Å². The Morgan fingerprint density at radius 3 is 2.64 bits per heavy atom. The zero-order valence-electron chi connectivity index (χ0n) is 14.7. The minimum absolute atomic E-state index is 0.0634. The zero-order chi connectivity index (χ0) is 17.5. The van der Waals surface area contributed by atoms with E-state index in [4.69, 9.17) is 19.9 Å². The van der Waals surface area contributed by atoms with E-state index >= 15 is 0 Å². The number of nitriles is 1. The third kappa shape index (κ3) is 4.69. The SMILES string of the molecule is N#C[C@]1(c2ccc(N)cn2)CC[C@H](OCCOC2CCCCO2)CC1. The summed E-state index contributed by atoms with van der Waals surface area (Å²) in [7, 11) is 0. The normalized spacial score (nSPS) is 29.9. The Morgan fingerprint density at radius 2 is 2.00 bits per heavy atom. The maximum absolute atomic E-state index is 9.71. The van der Waals surface area contributed by atoms with E-state index in [0.717, 1.165) is 50.8 Å². The van der Waals surface area contributed by atoms with Gasteiger partial charge < -0.3 is 19.9 Å². The van der Waals surface area contributed by atoms with Crippen molar-refractivity contribution in [1.29, 1.82) is 5.26 Å². The van der Waals surface area contributed by atoms with Crippen LogP contribution in [0.2, 0.25) is 0 Å². The molecule has 1 atom stereocenters. The average molecular weight is 345 g/mol. The van der Waals surface area contributed by atoms with Gasteiger partial charge in [0.05, 0.1) is 48.4 Å². The quantitative estimate of drug-likeness (QED) is 0.797. The number of rotatable bonds is 6. The Kier molecular flexibility index (Phi) is 6.24. The molecule has 2 fully saturated rings. The lowest BCUT2D eigenvalue weighted by Crippen LogP contribution is -2.34. The van der Waals surface area contributed by atoms with Crippen LogP contribution >= 0.6 is 0 Å². The van der Waals surface area contributed by atoms with Crippen LogP contribution in [-0.2, 0) is 19.6 Å². The van der Waals surface area contributed by atoms with E-state index in [1.807, 2.05) is 12.1 Å². The fourth-order valence-corrected chi connectivity index (χ4v) is 3.60. The van der Waals surface area contributed by atoms with Gasteiger partial charge in [-0.1, -0.05) is 0 Å². The number of nitrogens with two attached hydrogens (primary N) is 1. The highest BCUT2D eigenvalue weighted by molar-refractivity contribution is 5.38. The Hall–Kier alpha value is -1.68. The Balaban J connectivity index is 1.41. The summed E-state index contributed by atoms with van der Waals surface area (Å²) in [6.45, 7) is 1.93. The summed E-state index contributed by atoms with van der Waals surface area (Å²) in [5, 5.41) is 9.71.